The van der Waals surface area contributed by atoms with Crippen molar-refractivity contribution in [1.82, 2.24) is 4.31 Å². The van der Waals surface area contributed by atoms with Gasteiger partial charge in [0.1, 0.15) is 5.56 Å². The quantitative estimate of drug-likeness (QED) is 0.355. The van der Waals surface area contributed by atoms with Crippen LogP contribution in [-0.4, -0.2) is 43.1 Å². The van der Waals surface area contributed by atoms with Crippen LogP contribution in [0.15, 0.2) is 47.4 Å². The van der Waals surface area contributed by atoms with Crippen molar-refractivity contribution in [3.63, 3.8) is 0 Å². The van der Waals surface area contributed by atoms with Crippen molar-refractivity contribution in [2.75, 3.05) is 25.0 Å². The van der Waals surface area contributed by atoms with Crippen molar-refractivity contribution in [2.24, 2.45) is 5.92 Å². The number of alkyl halides is 3. The Morgan fingerprint density at radius 3 is 2.45 bits per heavy atom. The summed E-state index contributed by atoms with van der Waals surface area (Å²) < 4.78 is 66.6. The zero-order valence-electron chi connectivity index (χ0n) is 17.6. The zero-order chi connectivity index (χ0) is 24.4. The van der Waals surface area contributed by atoms with E-state index in [1.54, 1.807) is 0 Å². The SMILES string of the molecule is CC1CCN(S(=O)(=O)c2cccc(C(=O)CNc3ccc([N+](=O)[O-])c(C(F)(F)F)c3)c2)CC1. The molecule has 12 heteroatoms. The molecule has 0 spiro atoms. The van der Waals surface area contributed by atoms with Gasteiger partial charge in [-0.2, -0.15) is 17.5 Å². The van der Waals surface area contributed by atoms with Crippen LogP contribution < -0.4 is 5.32 Å². The molecule has 33 heavy (non-hydrogen) atoms. The minimum atomic E-state index is -4.95. The van der Waals surface area contributed by atoms with E-state index >= 15 is 0 Å². The Balaban J connectivity index is 1.75. The van der Waals surface area contributed by atoms with Crippen LogP contribution in [0.1, 0.15) is 35.7 Å². The molecule has 1 aliphatic heterocycles. The number of halogens is 3. The molecule has 0 radical (unpaired) electrons. The second-order valence-electron chi connectivity index (χ2n) is 7.88. The van der Waals surface area contributed by atoms with Crippen molar-refractivity contribution < 1.29 is 31.3 Å². The molecule has 8 nitrogen and oxygen atoms in total. The van der Waals surface area contributed by atoms with E-state index in [1.807, 2.05) is 0 Å². The maximum absolute atomic E-state index is 13.1. The summed E-state index contributed by atoms with van der Waals surface area (Å²) in [6.07, 6.45) is -3.45. The predicted octanol–water partition coefficient (Wildman–Crippen LogP) is 4.33. The normalized spacial score (nSPS) is 15.9. The highest BCUT2D eigenvalue weighted by Crippen LogP contribution is 2.37. The standard InChI is InChI=1S/C21H22F3N3O5S/c1-14-7-9-26(10-8-14)33(31,32)17-4-2-3-15(11-17)20(28)13-25-16-5-6-19(27(29)30)18(12-16)21(22,23)24/h2-6,11-12,14,25H,7-10,13H2,1H3. The van der Waals surface area contributed by atoms with E-state index in [0.29, 0.717) is 31.1 Å². The number of anilines is 1. The maximum atomic E-state index is 13.1. The summed E-state index contributed by atoms with van der Waals surface area (Å²) in [6, 6.07) is 7.82. The van der Waals surface area contributed by atoms with Crippen LogP contribution in [0.5, 0.6) is 0 Å². The van der Waals surface area contributed by atoms with Crippen LogP contribution in [0.4, 0.5) is 24.5 Å². The summed E-state index contributed by atoms with van der Waals surface area (Å²) in [6.45, 7) is 2.41. The Kier molecular flexibility index (Phi) is 7.08. The van der Waals surface area contributed by atoms with E-state index in [4.69, 9.17) is 0 Å². The van der Waals surface area contributed by atoms with Gasteiger partial charge in [-0.05, 0) is 43.0 Å². The molecule has 1 N–H and O–H groups in total. The second-order valence-corrected chi connectivity index (χ2v) is 9.82. The Labute approximate surface area is 188 Å². The van der Waals surface area contributed by atoms with E-state index in [1.165, 1.54) is 28.6 Å². The molecule has 1 fully saturated rings. The molecule has 1 saturated heterocycles. The molecule has 0 unspecified atom stereocenters. The number of hydrogen-bond donors (Lipinski definition) is 1. The molecule has 0 amide bonds. The molecule has 0 aliphatic carbocycles. The number of benzene rings is 2. The molecule has 2 aromatic carbocycles. The molecule has 1 aliphatic rings. The number of nitrogens with one attached hydrogen (secondary N) is 1. The number of nitro groups is 1. The monoisotopic (exact) mass is 485 g/mol. The topological polar surface area (TPSA) is 110 Å². The smallest absolute Gasteiger partial charge is 0.378 e. The number of carbonyl (C=O) groups is 1. The van der Waals surface area contributed by atoms with Gasteiger partial charge in [-0.1, -0.05) is 19.1 Å². The highest BCUT2D eigenvalue weighted by atomic mass is 32.2. The van der Waals surface area contributed by atoms with E-state index in [9.17, 15) is 36.5 Å². The Hall–Kier alpha value is -2.99. The van der Waals surface area contributed by atoms with Crippen LogP contribution in [0.25, 0.3) is 0 Å². The third-order valence-electron chi connectivity index (χ3n) is 5.49. The highest BCUT2D eigenvalue weighted by molar-refractivity contribution is 7.89. The van der Waals surface area contributed by atoms with Gasteiger partial charge < -0.3 is 5.32 Å². The summed E-state index contributed by atoms with van der Waals surface area (Å²) in [7, 11) is -3.77. The summed E-state index contributed by atoms with van der Waals surface area (Å²) in [5.74, 6) is -0.112. The number of hydrogen-bond acceptors (Lipinski definition) is 6. The molecule has 3 rings (SSSR count). The van der Waals surface area contributed by atoms with Gasteiger partial charge in [0.2, 0.25) is 10.0 Å². The van der Waals surface area contributed by atoms with Crippen molar-refractivity contribution in [3.8, 4) is 0 Å². The lowest BCUT2D eigenvalue weighted by molar-refractivity contribution is -0.388. The van der Waals surface area contributed by atoms with E-state index in [2.05, 4.69) is 12.2 Å². The average Bonchev–Trinajstić information content (AvgIpc) is 2.77. The summed E-state index contributed by atoms with van der Waals surface area (Å²) in [5, 5.41) is 13.4. The molecule has 2 aromatic rings. The molecular weight excluding hydrogens is 463 g/mol. The average molecular weight is 485 g/mol. The van der Waals surface area contributed by atoms with Gasteiger partial charge >= 0.3 is 6.18 Å². The number of nitro benzene ring substituents is 1. The number of rotatable bonds is 7. The lowest BCUT2D eigenvalue weighted by Gasteiger charge is -2.29. The minimum Gasteiger partial charge on any atom is -0.378 e. The Morgan fingerprint density at radius 2 is 1.85 bits per heavy atom. The first-order valence-corrected chi connectivity index (χ1v) is 11.6. The largest absolute Gasteiger partial charge is 0.423 e. The Bertz CT molecular complexity index is 1160. The number of nitrogens with zero attached hydrogens (tertiary/aromatic N) is 2. The van der Waals surface area contributed by atoms with Crippen LogP contribution in [0.2, 0.25) is 0 Å². The number of piperidine rings is 1. The van der Waals surface area contributed by atoms with Gasteiger partial charge in [-0.25, -0.2) is 8.42 Å². The van der Waals surface area contributed by atoms with Gasteiger partial charge in [-0.3, -0.25) is 14.9 Å². The van der Waals surface area contributed by atoms with Gasteiger partial charge in [0.05, 0.1) is 16.4 Å². The van der Waals surface area contributed by atoms with Gasteiger partial charge in [0.15, 0.2) is 5.78 Å². The van der Waals surface area contributed by atoms with E-state index in [-0.39, 0.29) is 16.1 Å². The fourth-order valence-corrected chi connectivity index (χ4v) is 5.04. The predicted molar refractivity (Wildman–Crippen MR) is 115 cm³/mol. The van der Waals surface area contributed by atoms with Crippen LogP contribution in [-0.2, 0) is 16.2 Å². The maximum Gasteiger partial charge on any atom is 0.423 e. The minimum absolute atomic E-state index is 0.0300. The third kappa shape index (κ3) is 5.69. The van der Waals surface area contributed by atoms with Crippen molar-refractivity contribution in [2.45, 2.75) is 30.8 Å². The van der Waals surface area contributed by atoms with Crippen LogP contribution in [0.3, 0.4) is 0 Å². The van der Waals surface area contributed by atoms with Crippen molar-refractivity contribution in [3.05, 3.63) is 63.7 Å². The third-order valence-corrected chi connectivity index (χ3v) is 7.38. The molecule has 178 valence electrons. The first-order valence-electron chi connectivity index (χ1n) is 10.1. The molecule has 0 aromatic heterocycles. The Morgan fingerprint density at radius 1 is 1.18 bits per heavy atom. The van der Waals surface area contributed by atoms with Crippen molar-refractivity contribution >= 4 is 27.2 Å². The summed E-state index contributed by atoms with van der Waals surface area (Å²) in [4.78, 5) is 22.3. The van der Waals surface area contributed by atoms with Gasteiger partial charge in [0, 0.05) is 30.4 Å². The fourth-order valence-electron chi connectivity index (χ4n) is 3.52. The fraction of sp³-hybridized carbons (Fsp3) is 0.381. The molecule has 0 atom stereocenters. The first kappa shape index (κ1) is 24.6. The lowest BCUT2D eigenvalue weighted by Crippen LogP contribution is -2.37. The number of ketones is 1. The van der Waals surface area contributed by atoms with E-state index in [0.717, 1.165) is 18.9 Å². The van der Waals surface area contributed by atoms with Crippen LogP contribution in [0, 0.1) is 16.0 Å². The van der Waals surface area contributed by atoms with Gasteiger partial charge in [0.25, 0.3) is 5.69 Å². The molecule has 0 bridgehead atoms. The highest BCUT2D eigenvalue weighted by Gasteiger charge is 2.38. The van der Waals surface area contributed by atoms with Gasteiger partial charge in [-0.15, -0.1) is 0 Å². The van der Waals surface area contributed by atoms with E-state index < -0.39 is 44.7 Å². The summed E-state index contributed by atoms with van der Waals surface area (Å²) >= 11 is 0. The van der Waals surface area contributed by atoms with Crippen molar-refractivity contribution in [1.29, 1.82) is 0 Å². The zero-order valence-corrected chi connectivity index (χ0v) is 18.4. The second kappa shape index (κ2) is 9.48. The molecule has 1 heterocycles. The number of carbonyl (C=O) groups excluding carboxylic acids is 1. The molecule has 0 saturated carbocycles. The number of sulfonamides is 1. The summed E-state index contributed by atoms with van der Waals surface area (Å²) in [5.41, 5.74) is -2.59. The number of Topliss-reactive ketones (excluding diaryl/α,β-unsaturated/α-hetero) is 1. The lowest BCUT2D eigenvalue weighted by atomic mass is 10.0. The first-order chi connectivity index (χ1) is 15.4. The van der Waals surface area contributed by atoms with Crippen LogP contribution >= 0.6 is 0 Å². The molecular formula is C21H22F3N3O5S.